The highest BCUT2D eigenvalue weighted by Crippen LogP contribution is 2.29. The van der Waals surface area contributed by atoms with Crippen LogP contribution in [0.4, 0.5) is 13.2 Å². The van der Waals surface area contributed by atoms with Crippen LogP contribution in [0.15, 0.2) is 48.5 Å². The Morgan fingerprint density at radius 1 is 1.15 bits per heavy atom. The summed E-state index contributed by atoms with van der Waals surface area (Å²) < 4.78 is 46.8. The normalized spacial score (nSPS) is 20.3. The topological polar surface area (TPSA) is 42.5 Å². The lowest BCUT2D eigenvalue weighted by molar-refractivity contribution is -0.274. The largest absolute Gasteiger partial charge is 0.573 e. The summed E-state index contributed by atoms with van der Waals surface area (Å²) in [5, 5.41) is 7.00. The average molecular weight is 380 g/mol. The van der Waals surface area contributed by atoms with Crippen molar-refractivity contribution < 1.29 is 22.6 Å². The van der Waals surface area contributed by atoms with Crippen molar-refractivity contribution in [1.29, 1.82) is 0 Å². The van der Waals surface area contributed by atoms with Gasteiger partial charge in [-0.1, -0.05) is 30.3 Å². The van der Waals surface area contributed by atoms with E-state index in [9.17, 15) is 13.2 Å². The van der Waals surface area contributed by atoms with Crippen LogP contribution >= 0.6 is 0 Å². The Morgan fingerprint density at radius 3 is 2.63 bits per heavy atom. The molecule has 7 heteroatoms. The van der Waals surface area contributed by atoms with Gasteiger partial charge in [-0.15, -0.1) is 13.2 Å². The second-order valence-electron chi connectivity index (χ2n) is 6.49. The van der Waals surface area contributed by atoms with Crippen molar-refractivity contribution in [1.82, 2.24) is 10.6 Å². The van der Waals surface area contributed by atoms with E-state index >= 15 is 0 Å². The van der Waals surface area contributed by atoms with E-state index in [0.717, 1.165) is 19.4 Å². The van der Waals surface area contributed by atoms with Gasteiger partial charge in [0.05, 0.1) is 7.11 Å². The van der Waals surface area contributed by atoms with E-state index in [2.05, 4.69) is 27.5 Å². The lowest BCUT2D eigenvalue weighted by Crippen LogP contribution is -2.45. The number of piperidine rings is 1. The van der Waals surface area contributed by atoms with Crippen LogP contribution in [0.1, 0.15) is 30.0 Å². The molecule has 3 rings (SSSR count). The quantitative estimate of drug-likeness (QED) is 0.789. The molecule has 0 aromatic heterocycles. The lowest BCUT2D eigenvalue weighted by Gasteiger charge is -2.34. The predicted molar refractivity (Wildman–Crippen MR) is 96.7 cm³/mol. The molecule has 2 aromatic rings. The fourth-order valence-corrected chi connectivity index (χ4v) is 3.45. The minimum Gasteiger partial charge on any atom is -0.496 e. The molecule has 146 valence electrons. The number of alkyl halides is 3. The molecule has 1 aliphatic heterocycles. The molecule has 2 N–H and O–H groups in total. The fourth-order valence-electron chi connectivity index (χ4n) is 3.45. The molecule has 2 aromatic carbocycles. The maximum absolute atomic E-state index is 12.5. The molecule has 0 radical (unpaired) electrons. The van der Waals surface area contributed by atoms with Crippen LogP contribution in [0.5, 0.6) is 11.5 Å². The minimum absolute atomic E-state index is 0.153. The maximum atomic E-state index is 12.5. The summed E-state index contributed by atoms with van der Waals surface area (Å²) in [5.41, 5.74) is 1.81. The zero-order valence-corrected chi connectivity index (χ0v) is 15.1. The molecule has 2 atom stereocenters. The van der Waals surface area contributed by atoms with Crippen molar-refractivity contribution >= 4 is 0 Å². The first-order valence-corrected chi connectivity index (χ1v) is 8.90. The summed E-state index contributed by atoms with van der Waals surface area (Å²) in [7, 11) is 1.50. The summed E-state index contributed by atoms with van der Waals surface area (Å²) >= 11 is 0. The molecule has 0 amide bonds. The highest BCUT2D eigenvalue weighted by molar-refractivity contribution is 5.40. The van der Waals surface area contributed by atoms with E-state index in [1.807, 2.05) is 18.2 Å². The third-order valence-electron chi connectivity index (χ3n) is 4.66. The molecule has 1 aliphatic rings. The number of hydrogen-bond acceptors (Lipinski definition) is 4. The van der Waals surface area contributed by atoms with Gasteiger partial charge in [0, 0.05) is 24.2 Å². The van der Waals surface area contributed by atoms with Gasteiger partial charge in [0.1, 0.15) is 11.5 Å². The van der Waals surface area contributed by atoms with Gasteiger partial charge in [0.25, 0.3) is 0 Å². The van der Waals surface area contributed by atoms with Crippen molar-refractivity contribution in [3.8, 4) is 11.5 Å². The molecule has 0 bridgehead atoms. The van der Waals surface area contributed by atoms with Crippen molar-refractivity contribution in [2.75, 3.05) is 13.7 Å². The summed E-state index contributed by atoms with van der Waals surface area (Å²) in [6, 6.07) is 14.6. The maximum Gasteiger partial charge on any atom is 0.573 e. The number of rotatable bonds is 6. The van der Waals surface area contributed by atoms with Gasteiger partial charge in [-0.25, -0.2) is 0 Å². The van der Waals surface area contributed by atoms with E-state index in [4.69, 9.17) is 4.74 Å². The number of methoxy groups -OCH3 is 1. The van der Waals surface area contributed by atoms with Gasteiger partial charge in [-0.3, -0.25) is 0 Å². The molecule has 1 heterocycles. The fraction of sp³-hybridized carbons (Fsp3) is 0.400. The molecule has 1 saturated heterocycles. The van der Waals surface area contributed by atoms with Crippen LogP contribution in [-0.2, 0) is 6.54 Å². The SMILES string of the molecule is COc1ccc(OC(F)(F)F)cc1CN[C@H]1CCCNC1c1ccccc1. The Bertz CT molecular complexity index is 738. The standard InChI is InChI=1S/C20H23F3N2O2/c1-26-18-10-9-16(27-20(21,22)23)12-15(18)13-25-17-8-5-11-24-19(17)14-6-3-2-4-7-14/h2-4,6-7,9-10,12,17,19,24-25H,5,8,11,13H2,1H3/t17-,19?/m0/s1. The number of hydrogen-bond donors (Lipinski definition) is 2. The van der Waals surface area contributed by atoms with Crippen LogP contribution < -0.4 is 20.1 Å². The molecule has 1 unspecified atom stereocenters. The Labute approximate surface area is 156 Å². The zero-order chi connectivity index (χ0) is 19.3. The van der Waals surface area contributed by atoms with Gasteiger partial charge in [0.15, 0.2) is 0 Å². The Kier molecular flexibility index (Phi) is 6.23. The summed E-state index contributed by atoms with van der Waals surface area (Å²) in [6.45, 7) is 1.32. The summed E-state index contributed by atoms with van der Waals surface area (Å²) in [6.07, 6.45) is -2.70. The summed E-state index contributed by atoms with van der Waals surface area (Å²) in [4.78, 5) is 0. The third kappa shape index (κ3) is 5.37. The number of nitrogens with one attached hydrogen (secondary N) is 2. The molecule has 27 heavy (non-hydrogen) atoms. The predicted octanol–water partition coefficient (Wildman–Crippen LogP) is 4.18. The van der Waals surface area contributed by atoms with E-state index in [1.165, 1.54) is 30.9 Å². The van der Waals surface area contributed by atoms with Crippen LogP contribution in [0.3, 0.4) is 0 Å². The van der Waals surface area contributed by atoms with E-state index in [1.54, 1.807) is 0 Å². The van der Waals surface area contributed by atoms with Crippen LogP contribution in [0.25, 0.3) is 0 Å². The van der Waals surface area contributed by atoms with Crippen molar-refractivity contribution in [3.63, 3.8) is 0 Å². The first-order valence-electron chi connectivity index (χ1n) is 8.90. The second-order valence-corrected chi connectivity index (χ2v) is 6.49. The third-order valence-corrected chi connectivity index (χ3v) is 4.66. The molecule has 0 aliphatic carbocycles. The Balaban J connectivity index is 1.73. The molecule has 4 nitrogen and oxygen atoms in total. The molecule has 1 fully saturated rings. The van der Waals surface area contributed by atoms with Crippen LogP contribution in [-0.4, -0.2) is 26.1 Å². The lowest BCUT2D eigenvalue weighted by atomic mass is 9.92. The molecular weight excluding hydrogens is 357 g/mol. The van der Waals surface area contributed by atoms with E-state index in [-0.39, 0.29) is 17.8 Å². The smallest absolute Gasteiger partial charge is 0.496 e. The highest BCUT2D eigenvalue weighted by Gasteiger charge is 2.31. The summed E-state index contributed by atoms with van der Waals surface area (Å²) in [5.74, 6) is 0.276. The number of benzene rings is 2. The highest BCUT2D eigenvalue weighted by atomic mass is 19.4. The van der Waals surface area contributed by atoms with Crippen molar-refractivity contribution in [2.24, 2.45) is 0 Å². The first-order chi connectivity index (χ1) is 13.0. The zero-order valence-electron chi connectivity index (χ0n) is 15.1. The first kappa shape index (κ1) is 19.5. The van der Waals surface area contributed by atoms with Crippen LogP contribution in [0, 0.1) is 0 Å². The monoisotopic (exact) mass is 380 g/mol. The average Bonchev–Trinajstić information content (AvgIpc) is 2.66. The van der Waals surface area contributed by atoms with Gasteiger partial charge in [-0.2, -0.15) is 0 Å². The Morgan fingerprint density at radius 2 is 1.93 bits per heavy atom. The Hall–Kier alpha value is -2.25. The van der Waals surface area contributed by atoms with Gasteiger partial charge < -0.3 is 20.1 Å². The van der Waals surface area contributed by atoms with Gasteiger partial charge in [0.2, 0.25) is 0 Å². The van der Waals surface area contributed by atoms with Crippen molar-refractivity contribution in [2.45, 2.75) is 37.8 Å². The van der Waals surface area contributed by atoms with Crippen molar-refractivity contribution in [3.05, 3.63) is 59.7 Å². The number of halogens is 3. The number of ether oxygens (including phenoxy) is 2. The molecule has 0 spiro atoms. The molecule has 0 saturated carbocycles. The minimum atomic E-state index is -4.72. The molecular formula is C20H23F3N2O2. The second kappa shape index (κ2) is 8.63. The van der Waals surface area contributed by atoms with Gasteiger partial charge in [-0.05, 0) is 43.1 Å². The van der Waals surface area contributed by atoms with Gasteiger partial charge >= 0.3 is 6.36 Å². The van der Waals surface area contributed by atoms with E-state index < -0.39 is 6.36 Å². The van der Waals surface area contributed by atoms with Crippen LogP contribution in [0.2, 0.25) is 0 Å². The van der Waals surface area contributed by atoms with E-state index in [0.29, 0.717) is 17.9 Å².